The number of alkyl halides is 2. The number of hydrogen-bond donors (Lipinski definition) is 2. The van der Waals surface area contributed by atoms with Crippen LogP contribution in [0.2, 0.25) is 5.02 Å². The second kappa shape index (κ2) is 9.86. The Morgan fingerprint density at radius 2 is 1.95 bits per heavy atom. The lowest BCUT2D eigenvalue weighted by atomic mass is 9.95. The highest BCUT2D eigenvalue weighted by Crippen LogP contribution is 2.57. The number of nitrogens with zero attached hydrogens (tertiary/aromatic N) is 6. The van der Waals surface area contributed by atoms with Crippen LogP contribution in [0.25, 0.3) is 11.2 Å². The van der Waals surface area contributed by atoms with Gasteiger partial charge in [0.15, 0.2) is 17.0 Å². The van der Waals surface area contributed by atoms with Crippen LogP contribution in [0.5, 0.6) is 0 Å². The van der Waals surface area contributed by atoms with Crippen molar-refractivity contribution in [2.45, 2.75) is 69.8 Å². The maximum absolute atomic E-state index is 14.4. The van der Waals surface area contributed by atoms with E-state index in [0.717, 1.165) is 25.0 Å². The van der Waals surface area contributed by atoms with E-state index in [2.05, 4.69) is 39.0 Å². The van der Waals surface area contributed by atoms with Gasteiger partial charge in [-0.05, 0) is 44.4 Å². The number of nitrogens with two attached hydrogens (primary N) is 1. The summed E-state index contributed by atoms with van der Waals surface area (Å²) in [5, 5.41) is 0.595. The fourth-order valence-electron chi connectivity index (χ4n) is 6.06. The van der Waals surface area contributed by atoms with E-state index < -0.39 is 11.8 Å². The molecule has 6 rings (SSSR count). The van der Waals surface area contributed by atoms with Gasteiger partial charge >= 0.3 is 0 Å². The van der Waals surface area contributed by atoms with Crippen molar-refractivity contribution in [2.75, 3.05) is 30.0 Å². The standard InChI is InChI=1S/C26H33ClF2N8O/c1-15-12-37(16(2)11-36(15)22(20-10-26(20,28)29)17-5-7-18(27)8-6-17)24-21-23(32-25(33-24)34-30)35(14-31-21)13-19-4-3-9-38-19/h5-8,14-16,19-20,22H,3-4,9-13,30H2,1-2H3,(H,32,33,34)/t15-,16+,19+,20+,22?/m1/s1. The van der Waals surface area contributed by atoms with Crippen LogP contribution in [0.3, 0.4) is 0 Å². The molecule has 2 aromatic heterocycles. The molecule has 0 radical (unpaired) electrons. The van der Waals surface area contributed by atoms with E-state index in [9.17, 15) is 8.78 Å². The first-order valence-corrected chi connectivity index (χ1v) is 13.6. The normalized spacial score (nSPS) is 28.1. The van der Waals surface area contributed by atoms with Crippen molar-refractivity contribution < 1.29 is 13.5 Å². The molecule has 1 aliphatic carbocycles. The number of aromatic nitrogens is 4. The number of hydrazine groups is 1. The van der Waals surface area contributed by atoms with E-state index in [0.29, 0.717) is 47.6 Å². The lowest BCUT2D eigenvalue weighted by Gasteiger charge is -2.48. The van der Waals surface area contributed by atoms with Gasteiger partial charge in [0, 0.05) is 55.2 Å². The molecule has 0 amide bonds. The lowest BCUT2D eigenvalue weighted by molar-refractivity contribution is 0.0393. The average molecular weight is 547 g/mol. The zero-order chi connectivity index (χ0) is 26.6. The topological polar surface area (TPSA) is 97.4 Å². The highest BCUT2D eigenvalue weighted by atomic mass is 35.5. The second-order valence-corrected chi connectivity index (χ2v) is 11.3. The first kappa shape index (κ1) is 25.7. The largest absolute Gasteiger partial charge is 0.376 e. The van der Waals surface area contributed by atoms with E-state index >= 15 is 0 Å². The first-order valence-electron chi connectivity index (χ1n) is 13.2. The van der Waals surface area contributed by atoms with Gasteiger partial charge in [-0.2, -0.15) is 9.97 Å². The molecule has 38 heavy (non-hydrogen) atoms. The SMILES string of the molecule is C[C@@H]1CN(c2nc(NN)nc3c2ncn3C[C@@H]2CCCO2)[C@@H](C)CN1C(c1ccc(Cl)cc1)[C@@H]1CC1(F)F. The summed E-state index contributed by atoms with van der Waals surface area (Å²) >= 11 is 6.10. The van der Waals surface area contributed by atoms with Gasteiger partial charge in [-0.3, -0.25) is 10.3 Å². The summed E-state index contributed by atoms with van der Waals surface area (Å²) in [6.07, 6.45) is 3.87. The molecular formula is C26H33ClF2N8O. The van der Waals surface area contributed by atoms with Crippen LogP contribution >= 0.6 is 11.6 Å². The maximum atomic E-state index is 14.4. The third-order valence-corrected chi connectivity index (χ3v) is 8.38. The Morgan fingerprint density at radius 1 is 1.18 bits per heavy atom. The van der Waals surface area contributed by atoms with Crippen molar-refractivity contribution in [1.29, 1.82) is 0 Å². The maximum Gasteiger partial charge on any atom is 0.253 e. The molecule has 5 atom stereocenters. The predicted octanol–water partition coefficient (Wildman–Crippen LogP) is 4.24. The van der Waals surface area contributed by atoms with Gasteiger partial charge in [-0.1, -0.05) is 23.7 Å². The van der Waals surface area contributed by atoms with Gasteiger partial charge in [0.05, 0.1) is 19.0 Å². The monoisotopic (exact) mass is 546 g/mol. The van der Waals surface area contributed by atoms with E-state index in [1.807, 2.05) is 16.7 Å². The fourth-order valence-corrected chi connectivity index (χ4v) is 6.19. The number of nitrogens with one attached hydrogen (secondary N) is 1. The van der Waals surface area contributed by atoms with E-state index in [4.69, 9.17) is 27.2 Å². The van der Waals surface area contributed by atoms with Crippen LogP contribution in [-0.2, 0) is 11.3 Å². The van der Waals surface area contributed by atoms with Crippen molar-refractivity contribution in [1.82, 2.24) is 24.4 Å². The molecule has 12 heteroatoms. The number of ether oxygens (including phenoxy) is 1. The number of fused-ring (bicyclic) bond motifs is 1. The predicted molar refractivity (Wildman–Crippen MR) is 142 cm³/mol. The number of rotatable bonds is 7. The van der Waals surface area contributed by atoms with Crippen LogP contribution < -0.4 is 16.2 Å². The van der Waals surface area contributed by atoms with Crippen LogP contribution in [0.4, 0.5) is 20.5 Å². The molecule has 4 heterocycles. The highest BCUT2D eigenvalue weighted by Gasteiger charge is 2.62. The van der Waals surface area contributed by atoms with Gasteiger partial charge in [-0.15, -0.1) is 0 Å². The van der Waals surface area contributed by atoms with Crippen molar-refractivity contribution in [3.05, 3.63) is 41.2 Å². The Labute approximate surface area is 225 Å². The third kappa shape index (κ3) is 4.70. The highest BCUT2D eigenvalue weighted by molar-refractivity contribution is 6.30. The number of anilines is 2. The Kier molecular flexibility index (Phi) is 6.66. The molecule has 3 N–H and O–H groups in total. The van der Waals surface area contributed by atoms with Gasteiger partial charge in [-0.25, -0.2) is 19.6 Å². The molecule has 2 aliphatic heterocycles. The molecular weight excluding hydrogens is 514 g/mol. The Hall–Kier alpha value is -2.60. The van der Waals surface area contributed by atoms with Crippen LogP contribution in [0.1, 0.15) is 44.7 Å². The molecule has 2 saturated heterocycles. The minimum Gasteiger partial charge on any atom is -0.376 e. The molecule has 1 unspecified atom stereocenters. The second-order valence-electron chi connectivity index (χ2n) is 10.8. The molecule has 1 saturated carbocycles. The van der Waals surface area contributed by atoms with E-state index in [-0.39, 0.29) is 30.7 Å². The summed E-state index contributed by atoms with van der Waals surface area (Å²) in [5.74, 6) is 3.38. The van der Waals surface area contributed by atoms with Crippen LogP contribution in [0, 0.1) is 5.92 Å². The van der Waals surface area contributed by atoms with Crippen molar-refractivity contribution in [3.63, 3.8) is 0 Å². The molecule has 204 valence electrons. The van der Waals surface area contributed by atoms with Gasteiger partial charge in [0.2, 0.25) is 5.95 Å². The zero-order valence-electron chi connectivity index (χ0n) is 21.5. The van der Waals surface area contributed by atoms with Crippen molar-refractivity contribution in [3.8, 4) is 0 Å². The molecule has 0 spiro atoms. The summed E-state index contributed by atoms with van der Waals surface area (Å²) in [6.45, 7) is 6.80. The number of halogens is 3. The van der Waals surface area contributed by atoms with Gasteiger partial charge in [0.25, 0.3) is 5.92 Å². The van der Waals surface area contributed by atoms with Crippen LogP contribution in [0.15, 0.2) is 30.6 Å². The molecule has 3 aromatic rings. The minimum absolute atomic E-state index is 0.0135. The number of hydrogen-bond acceptors (Lipinski definition) is 8. The van der Waals surface area contributed by atoms with Crippen LogP contribution in [-0.4, -0.2) is 68.2 Å². The zero-order valence-corrected chi connectivity index (χ0v) is 22.3. The average Bonchev–Trinajstić information content (AvgIpc) is 3.25. The minimum atomic E-state index is -2.65. The summed E-state index contributed by atoms with van der Waals surface area (Å²) in [5.41, 5.74) is 4.85. The Balaban J connectivity index is 1.30. The number of imidazole rings is 1. The molecule has 3 aliphatic rings. The summed E-state index contributed by atoms with van der Waals surface area (Å²) in [7, 11) is 0. The molecule has 0 bridgehead atoms. The third-order valence-electron chi connectivity index (χ3n) is 8.13. The summed E-state index contributed by atoms with van der Waals surface area (Å²) in [4.78, 5) is 18.4. The van der Waals surface area contributed by atoms with E-state index in [1.54, 1.807) is 18.5 Å². The summed E-state index contributed by atoms with van der Waals surface area (Å²) in [6, 6.07) is 6.88. The number of piperazine rings is 1. The Bertz CT molecular complexity index is 1300. The van der Waals surface area contributed by atoms with Gasteiger partial charge in [0.1, 0.15) is 0 Å². The number of nitrogen functional groups attached to an aromatic ring is 1. The van der Waals surface area contributed by atoms with Crippen molar-refractivity contribution >= 4 is 34.5 Å². The van der Waals surface area contributed by atoms with Crippen molar-refractivity contribution in [2.24, 2.45) is 11.8 Å². The Morgan fingerprint density at radius 3 is 2.61 bits per heavy atom. The quantitative estimate of drug-likeness (QED) is 0.335. The molecule has 3 fully saturated rings. The number of benzene rings is 1. The summed E-state index contributed by atoms with van der Waals surface area (Å²) < 4.78 is 36.6. The van der Waals surface area contributed by atoms with E-state index in [1.165, 1.54) is 0 Å². The molecule has 9 nitrogen and oxygen atoms in total. The first-order chi connectivity index (χ1) is 18.2. The molecule has 1 aromatic carbocycles. The smallest absolute Gasteiger partial charge is 0.253 e. The van der Waals surface area contributed by atoms with Gasteiger partial charge < -0.3 is 14.2 Å². The lowest BCUT2D eigenvalue weighted by Crippen LogP contribution is -2.58. The fraction of sp³-hybridized carbons (Fsp3) is 0.577.